The van der Waals surface area contributed by atoms with Gasteiger partial charge in [0.2, 0.25) is 0 Å². The highest BCUT2D eigenvalue weighted by atomic mass is 15.1. The average molecular weight is 453 g/mol. The van der Waals surface area contributed by atoms with Gasteiger partial charge in [0.1, 0.15) is 5.82 Å². The predicted molar refractivity (Wildman–Crippen MR) is 146 cm³/mol. The molecule has 0 amide bonds. The molecule has 0 saturated heterocycles. The number of allylic oxidation sites excluding steroid dienone is 2. The van der Waals surface area contributed by atoms with Gasteiger partial charge in [0.05, 0.1) is 11.4 Å². The van der Waals surface area contributed by atoms with Gasteiger partial charge >= 0.3 is 0 Å². The van der Waals surface area contributed by atoms with Crippen molar-refractivity contribution >= 4 is 11.1 Å². The fourth-order valence-electron chi connectivity index (χ4n) is 5.56. The Hall–Kier alpha value is -4.17. The standard InChI is InChI=1S/C33H28N2/c1-23-29(26-15-9-5-10-16-26)33(2,3)31-30(23)35(32(34-31)27-17-11-6-12-18-27)28-21-19-25(20-22-28)24-13-7-4-8-14-24/h4-22H,1-3H3. The lowest BCUT2D eigenvalue weighted by Crippen LogP contribution is -2.17. The highest BCUT2D eigenvalue weighted by molar-refractivity contribution is 6.00. The van der Waals surface area contributed by atoms with Crippen LogP contribution in [0.15, 0.2) is 115 Å². The third kappa shape index (κ3) is 3.45. The first-order valence-corrected chi connectivity index (χ1v) is 12.2. The van der Waals surface area contributed by atoms with Crippen LogP contribution in [0.25, 0.3) is 39.3 Å². The molecule has 0 unspecified atom stereocenters. The maximum absolute atomic E-state index is 5.32. The topological polar surface area (TPSA) is 17.8 Å². The van der Waals surface area contributed by atoms with Crippen LogP contribution < -0.4 is 0 Å². The minimum Gasteiger partial charge on any atom is -0.292 e. The summed E-state index contributed by atoms with van der Waals surface area (Å²) in [6, 6.07) is 40.7. The van der Waals surface area contributed by atoms with Crippen molar-refractivity contribution in [1.29, 1.82) is 0 Å². The van der Waals surface area contributed by atoms with Crippen LogP contribution in [0.4, 0.5) is 0 Å². The summed E-state index contributed by atoms with van der Waals surface area (Å²) in [6.45, 7) is 6.85. The predicted octanol–water partition coefficient (Wildman–Crippen LogP) is 8.43. The van der Waals surface area contributed by atoms with Crippen LogP contribution >= 0.6 is 0 Å². The molecule has 170 valence electrons. The third-order valence-corrected chi connectivity index (χ3v) is 7.15. The van der Waals surface area contributed by atoms with E-state index in [2.05, 4.69) is 141 Å². The zero-order chi connectivity index (χ0) is 24.0. The molecule has 0 spiro atoms. The molecule has 0 bridgehead atoms. The summed E-state index contributed by atoms with van der Waals surface area (Å²) in [6.07, 6.45) is 0. The lowest BCUT2D eigenvalue weighted by molar-refractivity contribution is 0.681. The van der Waals surface area contributed by atoms with E-state index in [4.69, 9.17) is 4.98 Å². The normalized spacial score (nSPS) is 14.3. The molecule has 4 aromatic carbocycles. The van der Waals surface area contributed by atoms with E-state index in [1.54, 1.807) is 0 Å². The number of hydrogen-bond acceptors (Lipinski definition) is 1. The second-order valence-electron chi connectivity index (χ2n) is 9.74. The number of aromatic nitrogens is 2. The summed E-state index contributed by atoms with van der Waals surface area (Å²) in [4.78, 5) is 5.32. The number of imidazole rings is 1. The van der Waals surface area contributed by atoms with Crippen molar-refractivity contribution in [3.05, 3.63) is 132 Å². The van der Waals surface area contributed by atoms with Crippen LogP contribution in [0.1, 0.15) is 37.7 Å². The van der Waals surface area contributed by atoms with Crippen LogP contribution in [0.2, 0.25) is 0 Å². The van der Waals surface area contributed by atoms with Gasteiger partial charge < -0.3 is 0 Å². The maximum Gasteiger partial charge on any atom is 0.145 e. The molecule has 35 heavy (non-hydrogen) atoms. The molecule has 6 rings (SSSR count). The van der Waals surface area contributed by atoms with Crippen LogP contribution in [0.5, 0.6) is 0 Å². The summed E-state index contributed by atoms with van der Waals surface area (Å²) in [5.41, 5.74) is 10.7. The SMILES string of the molecule is CC1=C(c2ccccc2)C(C)(C)c2nc(-c3ccccc3)n(-c3ccc(-c4ccccc4)cc3)c21. The first-order chi connectivity index (χ1) is 17.1. The highest BCUT2D eigenvalue weighted by Gasteiger charge is 2.42. The number of nitrogens with zero attached hydrogens (tertiary/aromatic N) is 2. The Morgan fingerprint density at radius 1 is 0.571 bits per heavy atom. The van der Waals surface area contributed by atoms with Gasteiger partial charge in [-0.05, 0) is 46.9 Å². The Bertz CT molecular complexity index is 1520. The lowest BCUT2D eigenvalue weighted by Gasteiger charge is -2.23. The minimum atomic E-state index is -0.195. The van der Waals surface area contributed by atoms with Gasteiger partial charge in [0.15, 0.2) is 0 Å². The molecule has 0 N–H and O–H groups in total. The number of hydrogen-bond donors (Lipinski definition) is 0. The summed E-state index contributed by atoms with van der Waals surface area (Å²) < 4.78 is 2.35. The average Bonchev–Trinajstić information content (AvgIpc) is 3.40. The Morgan fingerprint density at radius 3 is 1.63 bits per heavy atom. The first kappa shape index (κ1) is 21.4. The second kappa shape index (κ2) is 8.25. The van der Waals surface area contributed by atoms with Gasteiger partial charge in [-0.2, -0.15) is 0 Å². The van der Waals surface area contributed by atoms with Gasteiger partial charge in [0.25, 0.3) is 0 Å². The molecule has 2 nitrogen and oxygen atoms in total. The van der Waals surface area contributed by atoms with Crippen molar-refractivity contribution in [1.82, 2.24) is 9.55 Å². The monoisotopic (exact) mass is 452 g/mol. The van der Waals surface area contributed by atoms with Gasteiger partial charge in [0, 0.05) is 16.7 Å². The molecule has 1 aliphatic carbocycles. The summed E-state index contributed by atoms with van der Waals surface area (Å²) >= 11 is 0. The van der Waals surface area contributed by atoms with E-state index in [-0.39, 0.29) is 5.41 Å². The van der Waals surface area contributed by atoms with Gasteiger partial charge in [-0.3, -0.25) is 4.57 Å². The van der Waals surface area contributed by atoms with Crippen molar-refractivity contribution in [3.63, 3.8) is 0 Å². The van der Waals surface area contributed by atoms with E-state index < -0.39 is 0 Å². The van der Waals surface area contributed by atoms with Crippen molar-refractivity contribution in [2.45, 2.75) is 26.2 Å². The van der Waals surface area contributed by atoms with Crippen molar-refractivity contribution in [3.8, 4) is 28.2 Å². The fraction of sp³-hybridized carbons (Fsp3) is 0.121. The molecule has 2 heteroatoms. The van der Waals surface area contributed by atoms with Gasteiger partial charge in [-0.25, -0.2) is 4.98 Å². The van der Waals surface area contributed by atoms with E-state index in [1.807, 2.05) is 0 Å². The third-order valence-electron chi connectivity index (χ3n) is 7.15. The van der Waals surface area contributed by atoms with Crippen molar-refractivity contribution in [2.24, 2.45) is 0 Å². The van der Waals surface area contributed by atoms with E-state index in [1.165, 1.54) is 33.5 Å². The molecule has 0 aliphatic heterocycles. The molecule has 0 radical (unpaired) electrons. The Balaban J connectivity index is 1.58. The van der Waals surface area contributed by atoms with E-state index >= 15 is 0 Å². The summed E-state index contributed by atoms with van der Waals surface area (Å²) in [5.74, 6) is 0.989. The van der Waals surface area contributed by atoms with Crippen LogP contribution in [-0.4, -0.2) is 9.55 Å². The van der Waals surface area contributed by atoms with E-state index in [9.17, 15) is 0 Å². The molecular formula is C33H28N2. The largest absolute Gasteiger partial charge is 0.292 e. The minimum absolute atomic E-state index is 0.195. The molecular weight excluding hydrogens is 424 g/mol. The van der Waals surface area contributed by atoms with Crippen LogP contribution in [0, 0.1) is 0 Å². The quantitative estimate of drug-likeness (QED) is 0.267. The fourth-order valence-corrected chi connectivity index (χ4v) is 5.56. The van der Waals surface area contributed by atoms with Crippen molar-refractivity contribution < 1.29 is 0 Å². The Morgan fingerprint density at radius 2 is 1.06 bits per heavy atom. The van der Waals surface area contributed by atoms with E-state index in [0.717, 1.165) is 22.8 Å². The number of rotatable bonds is 4. The summed E-state index contributed by atoms with van der Waals surface area (Å²) in [5, 5.41) is 0. The first-order valence-electron chi connectivity index (χ1n) is 12.2. The van der Waals surface area contributed by atoms with E-state index in [0.29, 0.717) is 0 Å². The Kier molecular flexibility index (Phi) is 5.04. The maximum atomic E-state index is 5.32. The smallest absolute Gasteiger partial charge is 0.145 e. The van der Waals surface area contributed by atoms with Gasteiger partial charge in [-0.1, -0.05) is 117 Å². The molecule has 1 aromatic heterocycles. The van der Waals surface area contributed by atoms with Crippen LogP contribution in [0.3, 0.4) is 0 Å². The molecule has 0 fully saturated rings. The van der Waals surface area contributed by atoms with Crippen molar-refractivity contribution in [2.75, 3.05) is 0 Å². The molecule has 1 aliphatic rings. The van der Waals surface area contributed by atoms with Gasteiger partial charge in [-0.15, -0.1) is 0 Å². The zero-order valence-corrected chi connectivity index (χ0v) is 20.4. The molecule has 0 atom stereocenters. The molecule has 0 saturated carbocycles. The zero-order valence-electron chi connectivity index (χ0n) is 20.4. The summed E-state index contributed by atoms with van der Waals surface area (Å²) in [7, 11) is 0. The van der Waals surface area contributed by atoms with Crippen LogP contribution in [-0.2, 0) is 5.41 Å². The second-order valence-corrected chi connectivity index (χ2v) is 9.74. The lowest BCUT2D eigenvalue weighted by atomic mass is 9.80. The molecule has 5 aromatic rings. The number of benzene rings is 4. The molecule has 1 heterocycles. The Labute approximate surface area is 207 Å². The highest BCUT2D eigenvalue weighted by Crippen LogP contribution is 2.52. The number of fused-ring (bicyclic) bond motifs is 1.